The lowest BCUT2D eigenvalue weighted by Gasteiger charge is -2.23. The molecule has 17 heavy (non-hydrogen) atoms. The van der Waals surface area contributed by atoms with Gasteiger partial charge in [-0.15, -0.1) is 0 Å². The number of nitrogens with one attached hydrogen (secondary N) is 1. The van der Waals surface area contributed by atoms with Gasteiger partial charge in [0.2, 0.25) is 0 Å². The third-order valence-corrected chi connectivity index (χ3v) is 3.24. The van der Waals surface area contributed by atoms with E-state index in [1.807, 2.05) is 13.8 Å². The van der Waals surface area contributed by atoms with Crippen molar-refractivity contribution < 1.29 is 17.9 Å². The van der Waals surface area contributed by atoms with Crippen LogP contribution in [0.1, 0.15) is 39.5 Å². The first-order chi connectivity index (χ1) is 7.92. The van der Waals surface area contributed by atoms with Gasteiger partial charge in [0, 0.05) is 18.4 Å². The van der Waals surface area contributed by atoms with Crippen molar-refractivity contribution in [1.29, 1.82) is 0 Å². The highest BCUT2D eigenvalue weighted by atomic mass is 19.4. The van der Waals surface area contributed by atoms with Crippen LogP contribution in [0.2, 0.25) is 0 Å². The van der Waals surface area contributed by atoms with Crippen molar-refractivity contribution in [2.45, 2.75) is 57.9 Å². The van der Waals surface area contributed by atoms with Crippen LogP contribution in [0.5, 0.6) is 0 Å². The fraction of sp³-hybridized carbons (Fsp3) is 1.00. The van der Waals surface area contributed by atoms with E-state index in [0.29, 0.717) is 18.9 Å². The molecule has 0 aromatic rings. The monoisotopic (exact) mass is 253 g/mol. The summed E-state index contributed by atoms with van der Waals surface area (Å²) in [5.41, 5.74) is 0. The maximum absolute atomic E-state index is 12.1. The molecule has 1 aliphatic rings. The van der Waals surface area contributed by atoms with E-state index < -0.39 is 12.6 Å². The average Bonchev–Trinajstić information content (AvgIpc) is 2.62. The third-order valence-electron chi connectivity index (χ3n) is 3.24. The van der Waals surface area contributed by atoms with E-state index in [0.717, 1.165) is 13.0 Å². The molecule has 5 heteroatoms. The van der Waals surface area contributed by atoms with Crippen LogP contribution >= 0.6 is 0 Å². The average molecular weight is 253 g/mol. The van der Waals surface area contributed by atoms with Crippen molar-refractivity contribution >= 4 is 0 Å². The Labute approximate surface area is 101 Å². The van der Waals surface area contributed by atoms with E-state index in [4.69, 9.17) is 4.74 Å². The Hall–Kier alpha value is -0.290. The van der Waals surface area contributed by atoms with Crippen molar-refractivity contribution in [3.8, 4) is 0 Å². The molecule has 0 aromatic heterocycles. The quantitative estimate of drug-likeness (QED) is 0.785. The van der Waals surface area contributed by atoms with Gasteiger partial charge in [-0.3, -0.25) is 0 Å². The molecule has 102 valence electrons. The van der Waals surface area contributed by atoms with Crippen LogP contribution in [0.15, 0.2) is 0 Å². The number of hydrogen-bond acceptors (Lipinski definition) is 2. The van der Waals surface area contributed by atoms with Crippen LogP contribution in [0.4, 0.5) is 13.2 Å². The van der Waals surface area contributed by atoms with Gasteiger partial charge in [0.15, 0.2) is 0 Å². The van der Waals surface area contributed by atoms with E-state index in [1.165, 1.54) is 0 Å². The van der Waals surface area contributed by atoms with E-state index >= 15 is 0 Å². The van der Waals surface area contributed by atoms with Gasteiger partial charge in [0.1, 0.15) is 0 Å². The van der Waals surface area contributed by atoms with Crippen LogP contribution in [0, 0.1) is 5.92 Å². The van der Waals surface area contributed by atoms with Gasteiger partial charge in [-0.25, -0.2) is 0 Å². The first-order valence-corrected chi connectivity index (χ1v) is 6.34. The topological polar surface area (TPSA) is 21.3 Å². The van der Waals surface area contributed by atoms with E-state index in [2.05, 4.69) is 5.32 Å². The third kappa shape index (κ3) is 5.73. The van der Waals surface area contributed by atoms with Gasteiger partial charge in [-0.2, -0.15) is 13.2 Å². The van der Waals surface area contributed by atoms with Crippen LogP contribution in [0.25, 0.3) is 0 Å². The van der Waals surface area contributed by atoms with E-state index in [1.54, 1.807) is 0 Å². The first kappa shape index (κ1) is 14.8. The second-order valence-corrected chi connectivity index (χ2v) is 4.81. The number of halogens is 3. The second kappa shape index (κ2) is 6.59. The number of hydrogen-bond donors (Lipinski definition) is 1. The lowest BCUT2D eigenvalue weighted by atomic mass is 9.92. The highest BCUT2D eigenvalue weighted by molar-refractivity contribution is 4.82. The number of rotatable bonds is 6. The van der Waals surface area contributed by atoms with Gasteiger partial charge >= 0.3 is 6.18 Å². The molecule has 2 nitrogen and oxygen atoms in total. The molecule has 0 spiro atoms. The van der Waals surface area contributed by atoms with Crippen molar-refractivity contribution in [2.24, 2.45) is 5.92 Å². The van der Waals surface area contributed by atoms with Crippen molar-refractivity contribution in [3.63, 3.8) is 0 Å². The van der Waals surface area contributed by atoms with Crippen LogP contribution in [0.3, 0.4) is 0 Å². The summed E-state index contributed by atoms with van der Waals surface area (Å²) in [6, 6.07) is 0.160. The number of alkyl halides is 3. The summed E-state index contributed by atoms with van der Waals surface area (Å²) in [7, 11) is 0. The summed E-state index contributed by atoms with van der Waals surface area (Å²) in [4.78, 5) is 0. The van der Waals surface area contributed by atoms with Crippen molar-refractivity contribution in [2.75, 3.05) is 13.2 Å². The Kier molecular flexibility index (Phi) is 5.73. The summed E-state index contributed by atoms with van der Waals surface area (Å²) >= 11 is 0. The minimum Gasteiger partial charge on any atom is -0.378 e. The second-order valence-electron chi connectivity index (χ2n) is 4.81. The van der Waals surface area contributed by atoms with Crippen molar-refractivity contribution in [1.82, 2.24) is 5.32 Å². The Morgan fingerprint density at radius 3 is 2.59 bits per heavy atom. The molecule has 1 fully saturated rings. The smallest absolute Gasteiger partial charge is 0.378 e. The molecule has 3 unspecified atom stereocenters. The lowest BCUT2D eigenvalue weighted by molar-refractivity contribution is -0.136. The fourth-order valence-corrected chi connectivity index (χ4v) is 2.42. The summed E-state index contributed by atoms with van der Waals surface area (Å²) in [6.07, 6.45) is -2.75. The predicted octanol–water partition coefficient (Wildman–Crippen LogP) is 3.12. The standard InChI is InChI=1S/C12H22F3NO/c1-3-16-11(5-4-6-12(13,14)15)10-7-9(2)17-8-10/h9-11,16H,3-8H2,1-2H3. The van der Waals surface area contributed by atoms with Crippen LogP contribution < -0.4 is 5.32 Å². The molecule has 0 amide bonds. The molecular formula is C12H22F3NO. The molecule has 1 saturated heterocycles. The van der Waals surface area contributed by atoms with Gasteiger partial charge in [-0.05, 0) is 32.7 Å². The first-order valence-electron chi connectivity index (χ1n) is 6.34. The zero-order valence-electron chi connectivity index (χ0n) is 10.5. The Balaban J connectivity index is 2.33. The molecule has 1 aliphatic heterocycles. The van der Waals surface area contributed by atoms with E-state index in [-0.39, 0.29) is 18.6 Å². The highest BCUT2D eigenvalue weighted by Gasteiger charge is 2.31. The van der Waals surface area contributed by atoms with Gasteiger partial charge < -0.3 is 10.1 Å². The lowest BCUT2D eigenvalue weighted by Crippen LogP contribution is -2.36. The fourth-order valence-electron chi connectivity index (χ4n) is 2.42. The summed E-state index contributed by atoms with van der Waals surface area (Å²) in [6.45, 7) is 5.46. The Bertz CT molecular complexity index is 220. The molecule has 1 N–H and O–H groups in total. The maximum Gasteiger partial charge on any atom is 0.389 e. The largest absolute Gasteiger partial charge is 0.389 e. The van der Waals surface area contributed by atoms with Crippen LogP contribution in [-0.4, -0.2) is 31.5 Å². The van der Waals surface area contributed by atoms with Gasteiger partial charge in [0.25, 0.3) is 0 Å². The summed E-state index contributed by atoms with van der Waals surface area (Å²) < 4.78 is 41.7. The highest BCUT2D eigenvalue weighted by Crippen LogP contribution is 2.27. The van der Waals surface area contributed by atoms with Crippen molar-refractivity contribution in [3.05, 3.63) is 0 Å². The zero-order chi connectivity index (χ0) is 12.9. The maximum atomic E-state index is 12.1. The minimum atomic E-state index is -4.03. The number of ether oxygens (including phenoxy) is 1. The van der Waals surface area contributed by atoms with Gasteiger partial charge in [-0.1, -0.05) is 6.92 Å². The summed E-state index contributed by atoms with van der Waals surface area (Å²) in [5, 5.41) is 3.28. The van der Waals surface area contributed by atoms with Crippen LogP contribution in [-0.2, 0) is 4.74 Å². The Morgan fingerprint density at radius 2 is 2.12 bits per heavy atom. The molecule has 0 aromatic carbocycles. The molecule has 0 saturated carbocycles. The van der Waals surface area contributed by atoms with Gasteiger partial charge in [0.05, 0.1) is 12.7 Å². The molecule has 0 radical (unpaired) electrons. The summed E-state index contributed by atoms with van der Waals surface area (Å²) in [5.74, 6) is 0.359. The molecular weight excluding hydrogens is 231 g/mol. The predicted molar refractivity (Wildman–Crippen MR) is 60.9 cm³/mol. The SMILES string of the molecule is CCNC(CCCC(F)(F)F)C1COC(C)C1. The molecule has 0 bridgehead atoms. The molecule has 1 heterocycles. The molecule has 3 atom stereocenters. The zero-order valence-corrected chi connectivity index (χ0v) is 10.5. The van der Waals surface area contributed by atoms with E-state index in [9.17, 15) is 13.2 Å². The Morgan fingerprint density at radius 1 is 1.41 bits per heavy atom. The molecule has 0 aliphatic carbocycles. The molecule has 1 rings (SSSR count). The normalized spacial score (nSPS) is 27.4. The minimum absolute atomic E-state index is 0.160.